The van der Waals surface area contributed by atoms with Crippen molar-refractivity contribution in [3.8, 4) is 0 Å². The van der Waals surface area contributed by atoms with E-state index >= 15 is 0 Å². The number of carbonyl (C=O) groups excluding carboxylic acids is 1. The summed E-state index contributed by atoms with van der Waals surface area (Å²) in [7, 11) is 0. The predicted molar refractivity (Wildman–Crippen MR) is 76.3 cm³/mol. The highest BCUT2D eigenvalue weighted by Crippen LogP contribution is 2.21. The third-order valence-corrected chi connectivity index (χ3v) is 3.90. The van der Waals surface area contributed by atoms with Gasteiger partial charge in [0.25, 0.3) is 0 Å². The molecule has 0 bridgehead atoms. The van der Waals surface area contributed by atoms with Crippen molar-refractivity contribution >= 4 is 5.91 Å². The van der Waals surface area contributed by atoms with Gasteiger partial charge in [-0.2, -0.15) is 10.2 Å². The molecule has 2 aromatic rings. The van der Waals surface area contributed by atoms with Gasteiger partial charge in [0.15, 0.2) is 0 Å². The van der Waals surface area contributed by atoms with Crippen LogP contribution in [0.3, 0.4) is 0 Å². The summed E-state index contributed by atoms with van der Waals surface area (Å²) in [6, 6.07) is 2.16. The zero-order valence-electron chi connectivity index (χ0n) is 12.0. The van der Waals surface area contributed by atoms with Gasteiger partial charge >= 0.3 is 0 Å². The van der Waals surface area contributed by atoms with Crippen LogP contribution in [0.5, 0.6) is 0 Å². The van der Waals surface area contributed by atoms with Gasteiger partial charge in [-0.25, -0.2) is 9.67 Å². The van der Waals surface area contributed by atoms with Gasteiger partial charge in [0.05, 0.1) is 6.04 Å². The molecular weight excluding hydrogens is 268 g/mol. The number of aromatic nitrogens is 5. The molecule has 7 nitrogen and oxygen atoms in total. The number of rotatable bonds is 5. The fourth-order valence-electron chi connectivity index (χ4n) is 2.79. The summed E-state index contributed by atoms with van der Waals surface area (Å²) in [5.74, 6) is 0.229. The van der Waals surface area contributed by atoms with E-state index in [1.54, 1.807) is 18.9 Å². The van der Waals surface area contributed by atoms with Crippen LogP contribution in [-0.4, -0.2) is 48.4 Å². The Bertz CT molecular complexity index is 550. The van der Waals surface area contributed by atoms with Crippen molar-refractivity contribution in [1.29, 1.82) is 0 Å². The summed E-state index contributed by atoms with van der Waals surface area (Å²) in [5.41, 5.74) is 0. The Morgan fingerprint density at radius 2 is 2.29 bits per heavy atom. The van der Waals surface area contributed by atoms with E-state index in [1.165, 1.54) is 0 Å². The Morgan fingerprint density at radius 1 is 1.33 bits per heavy atom. The molecular formula is C14H20N6O. The van der Waals surface area contributed by atoms with Gasteiger partial charge in [-0.3, -0.25) is 9.48 Å². The first kappa shape index (κ1) is 13.8. The lowest BCUT2D eigenvalue weighted by Gasteiger charge is -2.32. The second kappa shape index (κ2) is 6.51. The number of nitrogens with zero attached hydrogens (tertiary/aromatic N) is 6. The minimum Gasteiger partial charge on any atom is -0.341 e. The topological polar surface area (TPSA) is 68.8 Å². The summed E-state index contributed by atoms with van der Waals surface area (Å²) in [4.78, 5) is 18.2. The number of carbonyl (C=O) groups is 1. The van der Waals surface area contributed by atoms with Gasteiger partial charge in [-0.05, 0) is 25.3 Å². The Kier molecular flexibility index (Phi) is 4.28. The van der Waals surface area contributed by atoms with Gasteiger partial charge in [-0.15, -0.1) is 0 Å². The van der Waals surface area contributed by atoms with Crippen LogP contribution in [0, 0.1) is 0 Å². The zero-order valence-corrected chi connectivity index (χ0v) is 12.0. The maximum absolute atomic E-state index is 12.3. The molecule has 2 aromatic heterocycles. The first-order valence-corrected chi connectivity index (χ1v) is 7.42. The summed E-state index contributed by atoms with van der Waals surface area (Å²) in [5, 5.41) is 8.33. The van der Waals surface area contributed by atoms with Crippen molar-refractivity contribution in [3.63, 3.8) is 0 Å². The van der Waals surface area contributed by atoms with E-state index in [4.69, 9.17) is 0 Å². The van der Waals surface area contributed by atoms with Gasteiger partial charge in [-0.1, -0.05) is 0 Å². The number of amides is 1. The molecule has 1 aliphatic rings. The number of hydrogen-bond donors (Lipinski definition) is 0. The third-order valence-electron chi connectivity index (χ3n) is 3.90. The Balaban J connectivity index is 1.48. The number of piperidine rings is 1. The molecule has 1 atom stereocenters. The molecule has 1 fully saturated rings. The highest BCUT2D eigenvalue weighted by atomic mass is 16.2. The molecule has 0 saturated carbocycles. The van der Waals surface area contributed by atoms with E-state index in [0.29, 0.717) is 6.42 Å². The molecule has 21 heavy (non-hydrogen) atoms. The van der Waals surface area contributed by atoms with E-state index in [9.17, 15) is 4.79 Å². The van der Waals surface area contributed by atoms with Crippen LogP contribution in [0.1, 0.15) is 31.7 Å². The molecule has 7 heteroatoms. The van der Waals surface area contributed by atoms with Crippen molar-refractivity contribution < 1.29 is 4.79 Å². The normalized spacial score (nSPS) is 18.9. The van der Waals surface area contributed by atoms with Crippen molar-refractivity contribution in [2.45, 2.75) is 38.3 Å². The van der Waals surface area contributed by atoms with Crippen LogP contribution in [0.2, 0.25) is 0 Å². The van der Waals surface area contributed by atoms with Crippen LogP contribution in [-0.2, 0) is 11.3 Å². The smallest absolute Gasteiger partial charge is 0.222 e. The van der Waals surface area contributed by atoms with Crippen molar-refractivity contribution in [1.82, 2.24) is 29.4 Å². The fraction of sp³-hybridized carbons (Fsp3) is 0.571. The number of likely N-dealkylation sites (tertiary alicyclic amines) is 1. The van der Waals surface area contributed by atoms with E-state index < -0.39 is 0 Å². The molecule has 112 valence electrons. The SMILES string of the molecule is O=C(CCCn1cccn1)N1CCC[C@H](n2cncn2)C1. The Labute approximate surface area is 123 Å². The maximum atomic E-state index is 12.3. The number of hydrogen-bond acceptors (Lipinski definition) is 4. The molecule has 0 N–H and O–H groups in total. The lowest BCUT2D eigenvalue weighted by Crippen LogP contribution is -2.40. The minimum absolute atomic E-state index is 0.229. The Hall–Kier alpha value is -2.18. The molecule has 0 aliphatic carbocycles. The van der Waals surface area contributed by atoms with Crippen LogP contribution in [0.4, 0.5) is 0 Å². The fourth-order valence-corrected chi connectivity index (χ4v) is 2.79. The van der Waals surface area contributed by atoms with E-state index in [1.807, 2.05) is 26.5 Å². The lowest BCUT2D eigenvalue weighted by atomic mass is 10.1. The minimum atomic E-state index is 0.229. The molecule has 1 aliphatic heterocycles. The summed E-state index contributed by atoms with van der Waals surface area (Å²) >= 11 is 0. The van der Waals surface area contributed by atoms with Gasteiger partial charge < -0.3 is 4.90 Å². The largest absolute Gasteiger partial charge is 0.341 e. The predicted octanol–water partition coefficient (Wildman–Crippen LogP) is 1.12. The van der Waals surface area contributed by atoms with Crippen molar-refractivity contribution in [2.75, 3.05) is 13.1 Å². The van der Waals surface area contributed by atoms with Gasteiger partial charge in [0, 0.05) is 38.4 Å². The summed E-state index contributed by atoms with van der Waals surface area (Å²) < 4.78 is 3.73. The standard InChI is InChI=1S/C14H20N6O/c21-14(5-2-8-19-9-3-6-16-19)18-7-1-4-13(10-18)20-12-15-11-17-20/h3,6,9,11-13H,1-2,4-5,7-8,10H2/t13-/m0/s1. The van der Waals surface area contributed by atoms with Crippen LogP contribution >= 0.6 is 0 Å². The molecule has 0 spiro atoms. The highest BCUT2D eigenvalue weighted by molar-refractivity contribution is 5.76. The third kappa shape index (κ3) is 3.48. The van der Waals surface area contributed by atoms with Crippen LogP contribution in [0.25, 0.3) is 0 Å². The molecule has 0 unspecified atom stereocenters. The average molecular weight is 288 g/mol. The maximum Gasteiger partial charge on any atom is 0.222 e. The highest BCUT2D eigenvalue weighted by Gasteiger charge is 2.24. The van der Waals surface area contributed by atoms with Gasteiger partial charge in [0.2, 0.25) is 5.91 Å². The van der Waals surface area contributed by atoms with Crippen molar-refractivity contribution in [2.24, 2.45) is 0 Å². The van der Waals surface area contributed by atoms with E-state index in [0.717, 1.165) is 38.9 Å². The molecule has 1 amide bonds. The second-order valence-electron chi connectivity index (χ2n) is 5.38. The summed E-state index contributed by atoms with van der Waals surface area (Å²) in [6.07, 6.45) is 10.4. The molecule has 0 aromatic carbocycles. The van der Waals surface area contributed by atoms with Gasteiger partial charge in [0.1, 0.15) is 12.7 Å². The molecule has 3 heterocycles. The number of aryl methyl sites for hydroxylation is 1. The summed E-state index contributed by atoms with van der Waals surface area (Å²) in [6.45, 7) is 2.38. The molecule has 3 rings (SSSR count). The first-order valence-electron chi connectivity index (χ1n) is 7.42. The zero-order chi connectivity index (χ0) is 14.5. The van der Waals surface area contributed by atoms with Crippen LogP contribution < -0.4 is 0 Å². The Morgan fingerprint density at radius 3 is 3.05 bits per heavy atom. The van der Waals surface area contributed by atoms with E-state index in [-0.39, 0.29) is 11.9 Å². The molecule has 1 saturated heterocycles. The quantitative estimate of drug-likeness (QED) is 0.826. The second-order valence-corrected chi connectivity index (χ2v) is 5.38. The monoisotopic (exact) mass is 288 g/mol. The lowest BCUT2D eigenvalue weighted by molar-refractivity contribution is -0.133. The van der Waals surface area contributed by atoms with E-state index in [2.05, 4.69) is 15.2 Å². The first-order chi connectivity index (χ1) is 10.3. The molecule has 0 radical (unpaired) electrons. The average Bonchev–Trinajstić information content (AvgIpc) is 3.21. The van der Waals surface area contributed by atoms with Crippen LogP contribution in [0.15, 0.2) is 31.1 Å². The van der Waals surface area contributed by atoms with Crippen molar-refractivity contribution in [3.05, 3.63) is 31.1 Å².